The normalized spacial score (nSPS) is 25.2. The molecule has 0 radical (unpaired) electrons. The Labute approximate surface area is 102 Å². The van der Waals surface area contributed by atoms with E-state index in [-0.39, 0.29) is 11.8 Å². The van der Waals surface area contributed by atoms with Crippen molar-refractivity contribution in [2.75, 3.05) is 26.2 Å². The van der Waals surface area contributed by atoms with E-state index in [0.717, 1.165) is 12.8 Å². The van der Waals surface area contributed by atoms with Crippen molar-refractivity contribution in [1.29, 1.82) is 5.41 Å². The number of rotatable bonds is 3. The molecule has 2 saturated heterocycles. The van der Waals surface area contributed by atoms with Gasteiger partial charge in [0, 0.05) is 32.1 Å². The van der Waals surface area contributed by atoms with Gasteiger partial charge in [-0.05, 0) is 25.7 Å². The van der Waals surface area contributed by atoms with Crippen molar-refractivity contribution in [3.05, 3.63) is 0 Å². The summed E-state index contributed by atoms with van der Waals surface area (Å²) in [6.07, 6.45) is 3.26. The maximum Gasteiger partial charge on any atom is 0.281 e. The minimum atomic E-state index is -3.26. The van der Waals surface area contributed by atoms with Crippen molar-refractivity contribution in [3.63, 3.8) is 0 Å². The van der Waals surface area contributed by atoms with Gasteiger partial charge >= 0.3 is 0 Å². The second-order valence-corrected chi connectivity index (χ2v) is 6.67. The van der Waals surface area contributed by atoms with Crippen molar-refractivity contribution in [1.82, 2.24) is 8.61 Å². The number of nitrogens with one attached hydrogen (secondary N) is 1. The molecule has 2 fully saturated rings. The van der Waals surface area contributed by atoms with E-state index >= 15 is 0 Å². The SMILES string of the molecule is N=C(N)C1CCN(S(=O)(=O)N2CCCC2)CC1. The van der Waals surface area contributed by atoms with E-state index in [9.17, 15) is 8.42 Å². The summed E-state index contributed by atoms with van der Waals surface area (Å²) in [6, 6.07) is 0. The summed E-state index contributed by atoms with van der Waals surface area (Å²) in [7, 11) is -3.26. The van der Waals surface area contributed by atoms with E-state index in [1.165, 1.54) is 4.31 Å². The zero-order valence-electron chi connectivity index (χ0n) is 9.93. The van der Waals surface area contributed by atoms with Gasteiger partial charge in [-0.25, -0.2) is 0 Å². The molecule has 2 heterocycles. The highest BCUT2D eigenvalue weighted by atomic mass is 32.2. The Morgan fingerprint density at radius 1 is 1.06 bits per heavy atom. The lowest BCUT2D eigenvalue weighted by Gasteiger charge is -2.33. The van der Waals surface area contributed by atoms with Gasteiger partial charge in [-0.1, -0.05) is 0 Å². The van der Waals surface area contributed by atoms with Gasteiger partial charge in [0.25, 0.3) is 10.2 Å². The van der Waals surface area contributed by atoms with E-state index in [2.05, 4.69) is 0 Å². The summed E-state index contributed by atoms with van der Waals surface area (Å²) in [6.45, 7) is 2.27. The monoisotopic (exact) mass is 260 g/mol. The Balaban J connectivity index is 1.98. The molecule has 0 aromatic heterocycles. The lowest BCUT2D eigenvalue weighted by atomic mass is 9.97. The molecule has 0 amide bonds. The first-order valence-electron chi connectivity index (χ1n) is 6.11. The third-order valence-electron chi connectivity index (χ3n) is 3.61. The summed E-state index contributed by atoms with van der Waals surface area (Å²) in [5, 5.41) is 7.38. The number of hydrogen-bond donors (Lipinski definition) is 2. The van der Waals surface area contributed by atoms with E-state index in [1.54, 1.807) is 4.31 Å². The molecular weight excluding hydrogens is 240 g/mol. The third-order valence-corrected chi connectivity index (χ3v) is 5.65. The molecular formula is C10H20N4O2S. The first kappa shape index (κ1) is 12.8. The summed E-state index contributed by atoms with van der Waals surface area (Å²) in [5.74, 6) is 0.239. The topological polar surface area (TPSA) is 90.5 Å². The summed E-state index contributed by atoms with van der Waals surface area (Å²) in [5.41, 5.74) is 5.45. The van der Waals surface area contributed by atoms with Crippen LogP contribution in [0, 0.1) is 11.3 Å². The zero-order chi connectivity index (χ0) is 12.5. The summed E-state index contributed by atoms with van der Waals surface area (Å²) < 4.78 is 27.6. The van der Waals surface area contributed by atoms with Crippen LogP contribution in [0.1, 0.15) is 25.7 Å². The molecule has 17 heavy (non-hydrogen) atoms. The van der Waals surface area contributed by atoms with Gasteiger partial charge < -0.3 is 5.73 Å². The minimum Gasteiger partial charge on any atom is -0.387 e. The molecule has 0 aromatic carbocycles. The Morgan fingerprint density at radius 3 is 2.00 bits per heavy atom. The molecule has 7 heteroatoms. The molecule has 0 atom stereocenters. The van der Waals surface area contributed by atoms with Gasteiger partial charge in [0.05, 0.1) is 5.84 Å². The van der Waals surface area contributed by atoms with Crippen molar-refractivity contribution in [2.45, 2.75) is 25.7 Å². The highest BCUT2D eigenvalue weighted by Crippen LogP contribution is 2.23. The smallest absolute Gasteiger partial charge is 0.281 e. The molecule has 6 nitrogen and oxygen atoms in total. The Morgan fingerprint density at radius 2 is 1.53 bits per heavy atom. The predicted octanol–water partition coefficient (Wildman–Crippen LogP) is -0.0250. The average molecular weight is 260 g/mol. The van der Waals surface area contributed by atoms with E-state index in [1.807, 2.05) is 0 Å². The molecule has 0 saturated carbocycles. The first-order valence-corrected chi connectivity index (χ1v) is 7.50. The van der Waals surface area contributed by atoms with E-state index in [0.29, 0.717) is 39.0 Å². The molecule has 2 rings (SSSR count). The first-order chi connectivity index (χ1) is 8.01. The van der Waals surface area contributed by atoms with Crippen LogP contribution in [0.4, 0.5) is 0 Å². The molecule has 98 valence electrons. The second-order valence-electron chi connectivity index (χ2n) is 4.74. The van der Waals surface area contributed by atoms with Gasteiger partial charge in [0.1, 0.15) is 0 Å². The van der Waals surface area contributed by atoms with Crippen molar-refractivity contribution in [3.8, 4) is 0 Å². The largest absolute Gasteiger partial charge is 0.387 e. The molecule has 2 aliphatic heterocycles. The van der Waals surface area contributed by atoms with Gasteiger partial charge in [-0.2, -0.15) is 17.0 Å². The molecule has 3 N–H and O–H groups in total. The summed E-state index contributed by atoms with van der Waals surface area (Å²) >= 11 is 0. The predicted molar refractivity (Wildman–Crippen MR) is 65.9 cm³/mol. The highest BCUT2D eigenvalue weighted by molar-refractivity contribution is 7.86. The quantitative estimate of drug-likeness (QED) is 0.551. The van der Waals surface area contributed by atoms with Crippen LogP contribution < -0.4 is 5.73 Å². The van der Waals surface area contributed by atoms with Crippen LogP contribution in [0.25, 0.3) is 0 Å². The van der Waals surface area contributed by atoms with E-state index < -0.39 is 10.2 Å². The van der Waals surface area contributed by atoms with E-state index in [4.69, 9.17) is 11.1 Å². The van der Waals surface area contributed by atoms with Crippen LogP contribution in [0.3, 0.4) is 0 Å². The standard InChI is InChI=1S/C10H20N4O2S/c11-10(12)9-3-7-14(8-4-9)17(15,16)13-5-1-2-6-13/h9H,1-8H2,(H3,11,12). The van der Waals surface area contributed by atoms with Crippen molar-refractivity contribution >= 4 is 16.0 Å². The number of nitrogens with zero attached hydrogens (tertiary/aromatic N) is 2. The van der Waals surface area contributed by atoms with Crippen LogP contribution in [0.15, 0.2) is 0 Å². The molecule has 0 spiro atoms. The number of piperidine rings is 1. The van der Waals surface area contributed by atoms with Gasteiger partial charge in [0.2, 0.25) is 0 Å². The zero-order valence-corrected chi connectivity index (χ0v) is 10.7. The lowest BCUT2D eigenvalue weighted by molar-refractivity contribution is 0.292. The van der Waals surface area contributed by atoms with Crippen LogP contribution in [-0.2, 0) is 10.2 Å². The lowest BCUT2D eigenvalue weighted by Crippen LogP contribution is -2.47. The van der Waals surface area contributed by atoms with Crippen LogP contribution in [-0.4, -0.2) is 49.0 Å². The molecule has 0 aliphatic carbocycles. The van der Waals surface area contributed by atoms with Crippen LogP contribution in [0.5, 0.6) is 0 Å². The fraction of sp³-hybridized carbons (Fsp3) is 0.900. The summed E-state index contributed by atoms with van der Waals surface area (Å²) in [4.78, 5) is 0. The highest BCUT2D eigenvalue weighted by Gasteiger charge is 2.34. The molecule has 2 aliphatic rings. The average Bonchev–Trinajstić information content (AvgIpc) is 2.83. The number of amidine groups is 1. The van der Waals surface area contributed by atoms with Crippen molar-refractivity contribution < 1.29 is 8.42 Å². The maximum atomic E-state index is 12.2. The Hall–Kier alpha value is -0.660. The maximum absolute atomic E-state index is 12.2. The number of nitrogens with two attached hydrogens (primary N) is 1. The fourth-order valence-electron chi connectivity index (χ4n) is 2.48. The van der Waals surface area contributed by atoms with Crippen LogP contribution in [0.2, 0.25) is 0 Å². The molecule has 0 unspecified atom stereocenters. The number of hydrogen-bond acceptors (Lipinski definition) is 3. The Kier molecular flexibility index (Phi) is 3.70. The molecule has 0 bridgehead atoms. The van der Waals surface area contributed by atoms with Crippen LogP contribution >= 0.6 is 0 Å². The molecule has 0 aromatic rings. The fourth-order valence-corrected chi connectivity index (χ4v) is 4.20. The van der Waals surface area contributed by atoms with Crippen molar-refractivity contribution in [2.24, 2.45) is 11.7 Å². The van der Waals surface area contributed by atoms with Gasteiger partial charge in [-0.15, -0.1) is 0 Å². The van der Waals surface area contributed by atoms with Gasteiger partial charge in [0.15, 0.2) is 0 Å². The second kappa shape index (κ2) is 4.91. The minimum absolute atomic E-state index is 0.0556. The Bertz CT molecular complexity index is 381. The third kappa shape index (κ3) is 2.61. The van der Waals surface area contributed by atoms with Gasteiger partial charge in [-0.3, -0.25) is 5.41 Å².